The highest BCUT2D eigenvalue weighted by Crippen LogP contribution is 2.17. The van der Waals surface area contributed by atoms with Crippen molar-refractivity contribution in [1.82, 2.24) is 15.0 Å². The fraction of sp³-hybridized carbons (Fsp3) is 0. The predicted molar refractivity (Wildman–Crippen MR) is 58.4 cm³/mol. The Morgan fingerprint density at radius 3 is 2.93 bits per heavy atom. The first kappa shape index (κ1) is 9.92. The lowest BCUT2D eigenvalue weighted by Gasteiger charge is -1.99. The first-order chi connectivity index (χ1) is 7.29. The molecule has 0 saturated carbocycles. The molecule has 5 heteroatoms. The van der Waals surface area contributed by atoms with E-state index >= 15 is 0 Å². The van der Waals surface area contributed by atoms with E-state index in [4.69, 9.17) is 0 Å². The summed E-state index contributed by atoms with van der Waals surface area (Å²) in [5.41, 5.74) is 1.13. The molecule has 15 heavy (non-hydrogen) atoms. The Balaban J connectivity index is 2.49. The summed E-state index contributed by atoms with van der Waals surface area (Å²) in [4.78, 5) is 22.7. The number of nitrogens with zero attached hydrogens (tertiary/aromatic N) is 3. The van der Waals surface area contributed by atoms with Crippen LogP contribution < -0.4 is 0 Å². The van der Waals surface area contributed by atoms with E-state index < -0.39 is 0 Å². The Labute approximate surface area is 94.5 Å². The van der Waals surface area contributed by atoms with Gasteiger partial charge in [0.25, 0.3) is 0 Å². The Morgan fingerprint density at radius 2 is 2.20 bits per heavy atom. The maximum atomic E-state index is 10.5. The van der Waals surface area contributed by atoms with Crippen LogP contribution in [0.2, 0.25) is 0 Å². The molecule has 0 fully saturated rings. The summed E-state index contributed by atoms with van der Waals surface area (Å²) >= 11 is 3.31. The average Bonchev–Trinajstić information content (AvgIpc) is 2.29. The van der Waals surface area contributed by atoms with E-state index in [9.17, 15) is 4.79 Å². The van der Waals surface area contributed by atoms with Crippen LogP contribution in [-0.2, 0) is 0 Å². The maximum absolute atomic E-state index is 10.5. The van der Waals surface area contributed by atoms with Crippen molar-refractivity contribution < 1.29 is 4.79 Å². The Kier molecular flexibility index (Phi) is 2.82. The maximum Gasteiger partial charge on any atom is 0.168 e. The summed E-state index contributed by atoms with van der Waals surface area (Å²) in [6.07, 6.45) is 5.56. The highest BCUT2D eigenvalue weighted by atomic mass is 79.9. The van der Waals surface area contributed by atoms with Crippen LogP contribution in [0.1, 0.15) is 10.5 Å². The molecule has 2 heterocycles. The number of hydrogen-bond acceptors (Lipinski definition) is 4. The zero-order chi connectivity index (χ0) is 10.7. The quantitative estimate of drug-likeness (QED) is 0.779. The lowest BCUT2D eigenvalue weighted by molar-refractivity contribution is 0.111. The molecule has 0 aliphatic rings. The number of carbonyl (C=O) groups excluding carboxylic acids is 1. The van der Waals surface area contributed by atoms with Gasteiger partial charge in [0.2, 0.25) is 0 Å². The molecule has 0 saturated heterocycles. The van der Waals surface area contributed by atoms with E-state index in [0.717, 1.165) is 10.0 Å². The second-order valence-electron chi connectivity index (χ2n) is 2.81. The molecular formula is C10H6BrN3O. The summed E-state index contributed by atoms with van der Waals surface area (Å²) in [5.74, 6) is 0.494. The van der Waals surface area contributed by atoms with E-state index in [0.29, 0.717) is 17.8 Å². The smallest absolute Gasteiger partial charge is 0.168 e. The molecule has 0 aliphatic heterocycles. The normalized spacial score (nSPS) is 9.93. The summed E-state index contributed by atoms with van der Waals surface area (Å²) < 4.78 is 0.847. The van der Waals surface area contributed by atoms with Crippen molar-refractivity contribution in [2.45, 2.75) is 0 Å². The molecular weight excluding hydrogens is 258 g/mol. The third kappa shape index (κ3) is 2.24. The standard InChI is InChI=1S/C10H6BrN3O/c11-8-3-7(4-12-5-8)10-13-2-1-9(6-15)14-10/h1-6H. The van der Waals surface area contributed by atoms with Gasteiger partial charge in [-0.2, -0.15) is 0 Å². The topological polar surface area (TPSA) is 55.7 Å². The lowest BCUT2D eigenvalue weighted by atomic mass is 10.2. The van der Waals surface area contributed by atoms with Crippen LogP contribution in [0.25, 0.3) is 11.4 Å². The van der Waals surface area contributed by atoms with Crippen molar-refractivity contribution >= 4 is 22.2 Å². The molecule has 2 aromatic rings. The number of hydrogen-bond donors (Lipinski definition) is 0. The van der Waals surface area contributed by atoms with E-state index in [1.807, 2.05) is 6.07 Å². The molecule has 0 aromatic carbocycles. The van der Waals surface area contributed by atoms with Gasteiger partial charge >= 0.3 is 0 Å². The van der Waals surface area contributed by atoms with E-state index in [-0.39, 0.29) is 0 Å². The fourth-order valence-electron chi connectivity index (χ4n) is 1.11. The molecule has 0 aliphatic carbocycles. The van der Waals surface area contributed by atoms with Gasteiger partial charge in [-0.3, -0.25) is 9.78 Å². The molecule has 0 N–H and O–H groups in total. The summed E-state index contributed by atoms with van der Waals surface area (Å²) in [6, 6.07) is 3.40. The van der Waals surface area contributed by atoms with Crippen LogP contribution in [0, 0.1) is 0 Å². The van der Waals surface area contributed by atoms with Crippen molar-refractivity contribution in [3.63, 3.8) is 0 Å². The van der Waals surface area contributed by atoms with Gasteiger partial charge in [0.05, 0.1) is 0 Å². The van der Waals surface area contributed by atoms with Gasteiger partial charge in [-0.1, -0.05) is 0 Å². The number of carbonyl (C=O) groups is 1. The summed E-state index contributed by atoms with van der Waals surface area (Å²) in [5, 5.41) is 0. The molecule has 0 bridgehead atoms. The van der Waals surface area contributed by atoms with Crippen LogP contribution >= 0.6 is 15.9 Å². The van der Waals surface area contributed by atoms with Gasteiger partial charge in [0, 0.05) is 28.6 Å². The average molecular weight is 264 g/mol. The Morgan fingerprint density at radius 1 is 1.33 bits per heavy atom. The highest BCUT2D eigenvalue weighted by Gasteiger charge is 2.02. The van der Waals surface area contributed by atoms with Crippen LogP contribution in [0.15, 0.2) is 35.2 Å². The number of aldehydes is 1. The van der Waals surface area contributed by atoms with E-state index in [1.165, 1.54) is 0 Å². The predicted octanol–water partition coefficient (Wildman–Crippen LogP) is 2.11. The SMILES string of the molecule is O=Cc1ccnc(-c2cncc(Br)c2)n1. The monoisotopic (exact) mass is 263 g/mol. The van der Waals surface area contributed by atoms with Crippen LogP contribution in [0.3, 0.4) is 0 Å². The highest BCUT2D eigenvalue weighted by molar-refractivity contribution is 9.10. The largest absolute Gasteiger partial charge is 0.296 e. The zero-order valence-corrected chi connectivity index (χ0v) is 9.18. The zero-order valence-electron chi connectivity index (χ0n) is 7.59. The molecule has 2 rings (SSSR count). The van der Waals surface area contributed by atoms with Crippen LogP contribution in [-0.4, -0.2) is 21.2 Å². The number of pyridine rings is 1. The van der Waals surface area contributed by atoms with Crippen molar-refractivity contribution in [3.8, 4) is 11.4 Å². The number of halogens is 1. The minimum absolute atomic E-state index is 0.361. The summed E-state index contributed by atoms with van der Waals surface area (Å²) in [6.45, 7) is 0. The third-order valence-corrected chi connectivity index (χ3v) is 2.19. The molecule has 0 unspecified atom stereocenters. The van der Waals surface area contributed by atoms with Crippen molar-refractivity contribution in [1.29, 1.82) is 0 Å². The second kappa shape index (κ2) is 4.27. The van der Waals surface area contributed by atoms with Gasteiger partial charge in [-0.25, -0.2) is 9.97 Å². The first-order valence-corrected chi connectivity index (χ1v) is 4.98. The fourth-order valence-corrected chi connectivity index (χ4v) is 1.48. The van der Waals surface area contributed by atoms with Crippen molar-refractivity contribution in [2.24, 2.45) is 0 Å². The van der Waals surface area contributed by atoms with Gasteiger partial charge < -0.3 is 0 Å². The number of aromatic nitrogens is 3. The van der Waals surface area contributed by atoms with Crippen molar-refractivity contribution in [2.75, 3.05) is 0 Å². The van der Waals surface area contributed by atoms with Gasteiger partial charge in [-0.05, 0) is 28.1 Å². The van der Waals surface area contributed by atoms with Gasteiger partial charge in [0.1, 0.15) is 5.69 Å². The molecule has 4 nitrogen and oxygen atoms in total. The van der Waals surface area contributed by atoms with E-state index in [1.54, 1.807) is 24.7 Å². The minimum Gasteiger partial charge on any atom is -0.296 e. The second-order valence-corrected chi connectivity index (χ2v) is 3.73. The molecule has 0 amide bonds. The van der Waals surface area contributed by atoms with E-state index in [2.05, 4.69) is 30.9 Å². The van der Waals surface area contributed by atoms with Crippen LogP contribution in [0.5, 0.6) is 0 Å². The van der Waals surface area contributed by atoms with Gasteiger partial charge in [0.15, 0.2) is 12.1 Å². The Hall–Kier alpha value is -1.62. The molecule has 0 radical (unpaired) electrons. The Bertz CT molecular complexity index is 502. The lowest BCUT2D eigenvalue weighted by Crippen LogP contribution is -1.93. The molecule has 0 spiro atoms. The molecule has 74 valence electrons. The molecule has 2 aromatic heterocycles. The van der Waals surface area contributed by atoms with Gasteiger partial charge in [-0.15, -0.1) is 0 Å². The first-order valence-electron chi connectivity index (χ1n) is 4.19. The van der Waals surface area contributed by atoms with Crippen molar-refractivity contribution in [3.05, 3.63) is 40.9 Å². The number of rotatable bonds is 2. The van der Waals surface area contributed by atoms with Crippen LogP contribution in [0.4, 0.5) is 0 Å². The summed E-state index contributed by atoms with van der Waals surface area (Å²) in [7, 11) is 0. The minimum atomic E-state index is 0.361. The third-order valence-electron chi connectivity index (χ3n) is 1.76. The molecule has 0 atom stereocenters.